The SMILES string of the molecule is CC(Nc1ccccc1Br)(C(=O)O)c1ccc(Cl)c(Cl)c1. The maximum Gasteiger partial charge on any atom is 0.333 e. The molecule has 0 fully saturated rings. The van der Waals surface area contributed by atoms with E-state index in [1.165, 1.54) is 0 Å². The van der Waals surface area contributed by atoms with E-state index in [9.17, 15) is 9.90 Å². The molecule has 0 aliphatic rings. The van der Waals surface area contributed by atoms with Crippen LogP contribution in [0.4, 0.5) is 5.69 Å². The van der Waals surface area contributed by atoms with Gasteiger partial charge in [0.1, 0.15) is 0 Å². The topological polar surface area (TPSA) is 49.3 Å². The maximum absolute atomic E-state index is 11.8. The molecule has 2 N–H and O–H groups in total. The summed E-state index contributed by atoms with van der Waals surface area (Å²) in [6.45, 7) is 1.58. The molecule has 21 heavy (non-hydrogen) atoms. The van der Waals surface area contributed by atoms with Crippen LogP contribution in [0.5, 0.6) is 0 Å². The van der Waals surface area contributed by atoms with Gasteiger partial charge in [-0.15, -0.1) is 0 Å². The highest BCUT2D eigenvalue weighted by Crippen LogP contribution is 2.33. The molecule has 6 heteroatoms. The molecule has 2 aromatic rings. The van der Waals surface area contributed by atoms with Crippen molar-refractivity contribution in [2.45, 2.75) is 12.5 Å². The van der Waals surface area contributed by atoms with E-state index in [2.05, 4.69) is 21.2 Å². The van der Waals surface area contributed by atoms with Crippen molar-refractivity contribution >= 4 is 50.8 Å². The number of carboxylic acids is 1. The van der Waals surface area contributed by atoms with E-state index in [1.807, 2.05) is 18.2 Å². The van der Waals surface area contributed by atoms with E-state index >= 15 is 0 Å². The lowest BCUT2D eigenvalue weighted by molar-refractivity contribution is -0.142. The summed E-state index contributed by atoms with van der Waals surface area (Å²) in [5.41, 5.74) is -0.147. The predicted molar refractivity (Wildman–Crippen MR) is 89.2 cm³/mol. The molecule has 1 unspecified atom stereocenters. The fourth-order valence-corrected chi connectivity index (χ4v) is 2.57. The smallest absolute Gasteiger partial charge is 0.333 e. The van der Waals surface area contributed by atoms with Crippen molar-refractivity contribution in [2.24, 2.45) is 0 Å². The number of nitrogens with one attached hydrogen (secondary N) is 1. The van der Waals surface area contributed by atoms with Gasteiger partial charge in [-0.3, -0.25) is 0 Å². The first-order valence-electron chi connectivity index (χ1n) is 6.06. The molecule has 3 nitrogen and oxygen atoms in total. The Morgan fingerprint density at radius 2 is 1.86 bits per heavy atom. The standard InChI is InChI=1S/C15H12BrCl2NO2/c1-15(14(20)21,9-6-7-11(17)12(18)8-9)19-13-5-3-2-4-10(13)16/h2-8,19H,1H3,(H,20,21). The van der Waals surface area contributed by atoms with Gasteiger partial charge in [-0.05, 0) is 52.7 Å². The lowest BCUT2D eigenvalue weighted by Gasteiger charge is -2.28. The van der Waals surface area contributed by atoms with Crippen molar-refractivity contribution in [3.8, 4) is 0 Å². The second kappa shape index (κ2) is 6.26. The van der Waals surface area contributed by atoms with Crippen LogP contribution in [0.1, 0.15) is 12.5 Å². The third kappa shape index (κ3) is 3.34. The molecule has 0 heterocycles. The number of halogens is 3. The number of carbonyl (C=O) groups is 1. The molecule has 110 valence electrons. The monoisotopic (exact) mass is 387 g/mol. The summed E-state index contributed by atoms with van der Waals surface area (Å²) in [6, 6.07) is 12.1. The van der Waals surface area contributed by atoms with E-state index in [1.54, 1.807) is 31.2 Å². The molecular formula is C15H12BrCl2NO2. The molecule has 0 saturated carbocycles. The zero-order chi connectivity index (χ0) is 15.6. The molecule has 2 aromatic carbocycles. The number of benzene rings is 2. The number of aliphatic carboxylic acids is 1. The summed E-state index contributed by atoms with van der Waals surface area (Å²) < 4.78 is 0.775. The lowest BCUT2D eigenvalue weighted by atomic mass is 9.91. The minimum absolute atomic E-state index is 0.315. The first-order chi connectivity index (χ1) is 9.84. The Labute approximate surface area is 141 Å². The Bertz CT molecular complexity index is 693. The summed E-state index contributed by atoms with van der Waals surface area (Å²) >= 11 is 15.3. The number of carboxylic acid groups (broad SMARTS) is 1. The predicted octanol–water partition coefficient (Wildman–Crippen LogP) is 5.17. The summed E-state index contributed by atoms with van der Waals surface area (Å²) in [7, 11) is 0. The molecule has 0 aliphatic heterocycles. The first-order valence-corrected chi connectivity index (χ1v) is 7.61. The minimum atomic E-state index is -1.34. The van der Waals surface area contributed by atoms with Crippen molar-refractivity contribution in [1.82, 2.24) is 0 Å². The van der Waals surface area contributed by atoms with Gasteiger partial charge in [-0.2, -0.15) is 0 Å². The third-order valence-corrected chi connectivity index (χ3v) is 4.61. The molecule has 0 saturated heterocycles. The van der Waals surface area contributed by atoms with E-state index in [-0.39, 0.29) is 0 Å². The fourth-order valence-electron chi connectivity index (χ4n) is 1.89. The van der Waals surface area contributed by atoms with Crippen LogP contribution in [0.2, 0.25) is 10.0 Å². The van der Waals surface area contributed by atoms with Gasteiger partial charge < -0.3 is 10.4 Å². The normalized spacial score (nSPS) is 13.5. The van der Waals surface area contributed by atoms with Crippen molar-refractivity contribution < 1.29 is 9.90 Å². The van der Waals surface area contributed by atoms with Gasteiger partial charge in [0.05, 0.1) is 10.0 Å². The molecule has 0 spiro atoms. The molecular weight excluding hydrogens is 377 g/mol. The number of anilines is 1. The highest BCUT2D eigenvalue weighted by atomic mass is 79.9. The Kier molecular flexibility index (Phi) is 4.81. The number of hydrogen-bond donors (Lipinski definition) is 2. The Morgan fingerprint density at radius 1 is 1.19 bits per heavy atom. The third-order valence-electron chi connectivity index (χ3n) is 3.18. The van der Waals surface area contributed by atoms with Gasteiger partial charge in [-0.1, -0.05) is 41.4 Å². The quantitative estimate of drug-likeness (QED) is 0.759. The minimum Gasteiger partial charge on any atom is -0.479 e. The molecule has 1 atom stereocenters. The van der Waals surface area contributed by atoms with Crippen molar-refractivity contribution in [3.05, 3.63) is 62.5 Å². The van der Waals surface area contributed by atoms with Gasteiger partial charge >= 0.3 is 5.97 Å². The van der Waals surface area contributed by atoms with Crippen LogP contribution < -0.4 is 5.32 Å². The van der Waals surface area contributed by atoms with Gasteiger partial charge in [0.15, 0.2) is 5.54 Å². The van der Waals surface area contributed by atoms with Crippen LogP contribution in [0, 0.1) is 0 Å². The van der Waals surface area contributed by atoms with Gasteiger partial charge in [0.25, 0.3) is 0 Å². The van der Waals surface area contributed by atoms with E-state index in [0.717, 1.165) is 4.47 Å². The molecule has 0 aromatic heterocycles. The lowest BCUT2D eigenvalue weighted by Crippen LogP contribution is -2.40. The second-order valence-corrected chi connectivity index (χ2v) is 6.33. The molecule has 2 rings (SSSR count). The van der Waals surface area contributed by atoms with Crippen molar-refractivity contribution in [3.63, 3.8) is 0 Å². The summed E-state index contributed by atoms with van der Waals surface area (Å²) in [5.74, 6) is -1.02. The molecule has 0 amide bonds. The van der Waals surface area contributed by atoms with Gasteiger partial charge in [0.2, 0.25) is 0 Å². The average molecular weight is 389 g/mol. The van der Waals surface area contributed by atoms with Crippen LogP contribution in [-0.4, -0.2) is 11.1 Å². The van der Waals surface area contributed by atoms with Crippen molar-refractivity contribution in [1.29, 1.82) is 0 Å². The number of rotatable bonds is 4. The average Bonchev–Trinajstić information content (AvgIpc) is 2.44. The van der Waals surface area contributed by atoms with Crippen LogP contribution in [0.3, 0.4) is 0 Å². The van der Waals surface area contributed by atoms with E-state index < -0.39 is 11.5 Å². The Hall–Kier alpha value is -1.23. The van der Waals surface area contributed by atoms with Crippen LogP contribution in [0.15, 0.2) is 46.9 Å². The van der Waals surface area contributed by atoms with E-state index in [4.69, 9.17) is 23.2 Å². The Morgan fingerprint density at radius 3 is 2.43 bits per heavy atom. The highest BCUT2D eigenvalue weighted by molar-refractivity contribution is 9.10. The fraction of sp³-hybridized carbons (Fsp3) is 0.133. The largest absolute Gasteiger partial charge is 0.479 e. The van der Waals surface area contributed by atoms with Gasteiger partial charge in [-0.25, -0.2) is 4.79 Å². The van der Waals surface area contributed by atoms with Crippen molar-refractivity contribution in [2.75, 3.05) is 5.32 Å². The summed E-state index contributed by atoms with van der Waals surface area (Å²) in [5, 5.41) is 13.4. The molecule has 0 bridgehead atoms. The van der Waals surface area contributed by atoms with Crippen LogP contribution in [0.25, 0.3) is 0 Å². The molecule has 0 radical (unpaired) electrons. The summed E-state index contributed by atoms with van der Waals surface area (Å²) in [6.07, 6.45) is 0. The van der Waals surface area contributed by atoms with Crippen LogP contribution >= 0.6 is 39.1 Å². The zero-order valence-electron chi connectivity index (χ0n) is 11.0. The van der Waals surface area contributed by atoms with Gasteiger partial charge in [0, 0.05) is 10.2 Å². The zero-order valence-corrected chi connectivity index (χ0v) is 14.1. The van der Waals surface area contributed by atoms with E-state index in [0.29, 0.717) is 21.3 Å². The molecule has 0 aliphatic carbocycles. The highest BCUT2D eigenvalue weighted by Gasteiger charge is 2.36. The number of hydrogen-bond acceptors (Lipinski definition) is 2. The summed E-state index contributed by atoms with van der Waals surface area (Å²) in [4.78, 5) is 11.8. The number of para-hydroxylation sites is 1. The Balaban J connectivity index is 2.48. The second-order valence-electron chi connectivity index (χ2n) is 4.66. The first kappa shape index (κ1) is 16.1. The maximum atomic E-state index is 11.8. The van der Waals surface area contributed by atoms with Crippen LogP contribution in [-0.2, 0) is 10.3 Å².